The van der Waals surface area contributed by atoms with Crippen molar-refractivity contribution in [2.24, 2.45) is 0 Å². The van der Waals surface area contributed by atoms with Gasteiger partial charge in [-0.15, -0.1) is 0 Å². The van der Waals surface area contributed by atoms with Crippen LogP contribution >= 0.6 is 11.6 Å². The smallest absolute Gasteiger partial charge is 0.247 e. The number of carbonyl (C=O) groups excluding carboxylic acids is 1. The molecule has 1 aromatic heterocycles. The molecule has 1 atom stereocenters. The Balaban J connectivity index is 1.32. The maximum Gasteiger partial charge on any atom is 0.247 e. The Hall–Kier alpha value is -2.25. The van der Waals surface area contributed by atoms with Gasteiger partial charge in [-0.25, -0.2) is 0 Å². The number of aryl methyl sites for hydroxylation is 1. The molecule has 1 unspecified atom stereocenters. The second-order valence-corrected chi connectivity index (χ2v) is 7.41. The fraction of sp³-hybridized carbons (Fsp3) is 0.474. The lowest BCUT2D eigenvalue weighted by Crippen LogP contribution is -2.49. The molecule has 2 aliphatic heterocycles. The largest absolute Gasteiger partial charge is 0.454 e. The maximum atomic E-state index is 12.8. The highest BCUT2D eigenvalue weighted by molar-refractivity contribution is 6.31. The third kappa shape index (κ3) is 3.75. The van der Waals surface area contributed by atoms with Gasteiger partial charge in [-0.3, -0.25) is 14.4 Å². The summed E-state index contributed by atoms with van der Waals surface area (Å²) in [6.45, 7) is 7.93. The summed E-state index contributed by atoms with van der Waals surface area (Å²) in [7, 11) is 0. The number of fused-ring (bicyclic) bond motifs is 1. The normalized spacial score (nSPS) is 18.0. The number of carbonyl (C=O) groups is 1. The molecule has 7 nitrogen and oxygen atoms in total. The van der Waals surface area contributed by atoms with Gasteiger partial charge in [0.25, 0.3) is 0 Å². The lowest BCUT2D eigenvalue weighted by molar-refractivity contribution is -0.136. The summed E-state index contributed by atoms with van der Waals surface area (Å²) in [5, 5.41) is 4.92. The van der Waals surface area contributed by atoms with Gasteiger partial charge in [0.05, 0.1) is 10.7 Å². The number of ether oxygens (including phenoxy) is 2. The molecule has 144 valence electrons. The van der Waals surface area contributed by atoms with Crippen LogP contribution in [0.1, 0.15) is 24.2 Å². The van der Waals surface area contributed by atoms with Crippen molar-refractivity contribution in [3.05, 3.63) is 40.7 Å². The van der Waals surface area contributed by atoms with E-state index in [1.54, 1.807) is 10.9 Å². The number of piperazine rings is 1. The summed E-state index contributed by atoms with van der Waals surface area (Å²) in [5.41, 5.74) is 1.93. The van der Waals surface area contributed by atoms with E-state index in [1.807, 2.05) is 30.9 Å². The molecule has 2 aliphatic rings. The molecule has 0 N–H and O–H groups in total. The van der Waals surface area contributed by atoms with Crippen LogP contribution in [0.4, 0.5) is 0 Å². The molecule has 8 heteroatoms. The van der Waals surface area contributed by atoms with E-state index in [0.717, 1.165) is 36.8 Å². The molecule has 1 aromatic carbocycles. The third-order valence-corrected chi connectivity index (χ3v) is 5.51. The van der Waals surface area contributed by atoms with Gasteiger partial charge in [0, 0.05) is 38.9 Å². The van der Waals surface area contributed by atoms with Crippen molar-refractivity contribution in [2.45, 2.75) is 26.4 Å². The van der Waals surface area contributed by atoms with Crippen molar-refractivity contribution in [3.8, 4) is 11.5 Å². The predicted molar refractivity (Wildman–Crippen MR) is 101 cm³/mol. The van der Waals surface area contributed by atoms with E-state index in [0.29, 0.717) is 24.9 Å². The Morgan fingerprint density at radius 3 is 2.67 bits per heavy atom. The summed E-state index contributed by atoms with van der Waals surface area (Å²) in [5.74, 6) is 1.69. The summed E-state index contributed by atoms with van der Waals surface area (Å²) in [6.07, 6.45) is 1.72. The lowest BCUT2D eigenvalue weighted by Gasteiger charge is -2.36. The maximum absolute atomic E-state index is 12.8. The molecule has 0 aliphatic carbocycles. The van der Waals surface area contributed by atoms with E-state index in [1.165, 1.54) is 5.56 Å². The highest BCUT2D eigenvalue weighted by atomic mass is 35.5. The van der Waals surface area contributed by atoms with E-state index in [-0.39, 0.29) is 11.9 Å². The molecule has 4 rings (SSSR count). The Bertz CT molecular complexity index is 826. The van der Waals surface area contributed by atoms with E-state index in [2.05, 4.69) is 16.1 Å². The zero-order chi connectivity index (χ0) is 19.0. The molecule has 0 bridgehead atoms. The Morgan fingerprint density at radius 2 is 1.96 bits per heavy atom. The first-order chi connectivity index (χ1) is 13.0. The monoisotopic (exact) mass is 390 g/mol. The molecule has 1 saturated heterocycles. The molecule has 3 heterocycles. The number of nitrogens with zero attached hydrogens (tertiary/aromatic N) is 4. The molecule has 2 aromatic rings. The SMILES string of the molecule is Cc1nn(C(C)C(=O)N2CCN(Cc3ccc4c(c3)OCO4)CC2)cc1Cl. The second kappa shape index (κ2) is 7.40. The van der Waals surface area contributed by atoms with Crippen molar-refractivity contribution < 1.29 is 14.3 Å². The van der Waals surface area contributed by atoms with Gasteiger partial charge in [-0.1, -0.05) is 17.7 Å². The van der Waals surface area contributed by atoms with E-state index in [9.17, 15) is 4.79 Å². The Kier molecular flexibility index (Phi) is 4.97. The van der Waals surface area contributed by atoms with Crippen molar-refractivity contribution in [3.63, 3.8) is 0 Å². The van der Waals surface area contributed by atoms with Crippen LogP contribution in [0.5, 0.6) is 11.5 Å². The molecular formula is C19H23ClN4O3. The van der Waals surface area contributed by atoms with E-state index >= 15 is 0 Å². The highest BCUT2D eigenvalue weighted by Crippen LogP contribution is 2.32. The zero-order valence-electron chi connectivity index (χ0n) is 15.5. The molecular weight excluding hydrogens is 368 g/mol. The van der Waals surface area contributed by atoms with Gasteiger partial charge >= 0.3 is 0 Å². The van der Waals surface area contributed by atoms with Crippen LogP contribution < -0.4 is 9.47 Å². The highest BCUT2D eigenvalue weighted by Gasteiger charge is 2.27. The first-order valence-corrected chi connectivity index (χ1v) is 9.50. The average Bonchev–Trinajstić information content (AvgIpc) is 3.27. The van der Waals surface area contributed by atoms with Crippen molar-refractivity contribution >= 4 is 17.5 Å². The zero-order valence-corrected chi connectivity index (χ0v) is 16.3. The van der Waals surface area contributed by atoms with Crippen LogP contribution in [0.25, 0.3) is 0 Å². The summed E-state index contributed by atoms with van der Waals surface area (Å²) < 4.78 is 12.5. The topological polar surface area (TPSA) is 59.8 Å². The molecule has 0 saturated carbocycles. The van der Waals surface area contributed by atoms with Crippen LogP contribution in [0.2, 0.25) is 5.02 Å². The minimum atomic E-state index is -0.350. The number of hydrogen-bond donors (Lipinski definition) is 0. The van der Waals surface area contributed by atoms with Gasteiger partial charge in [-0.2, -0.15) is 5.10 Å². The fourth-order valence-electron chi connectivity index (χ4n) is 3.46. The predicted octanol–water partition coefficient (Wildman–Crippen LogP) is 2.48. The van der Waals surface area contributed by atoms with Crippen molar-refractivity contribution in [1.82, 2.24) is 19.6 Å². The summed E-state index contributed by atoms with van der Waals surface area (Å²) in [6, 6.07) is 5.70. The molecule has 27 heavy (non-hydrogen) atoms. The van der Waals surface area contributed by atoms with Crippen LogP contribution in [0.15, 0.2) is 24.4 Å². The lowest BCUT2D eigenvalue weighted by atomic mass is 10.1. The summed E-state index contributed by atoms with van der Waals surface area (Å²) in [4.78, 5) is 17.0. The number of benzene rings is 1. The van der Waals surface area contributed by atoms with E-state index in [4.69, 9.17) is 21.1 Å². The van der Waals surface area contributed by atoms with Crippen LogP contribution in [-0.4, -0.2) is 58.5 Å². The molecule has 0 radical (unpaired) electrons. The number of amides is 1. The van der Waals surface area contributed by atoms with Gasteiger partial charge in [0.2, 0.25) is 12.7 Å². The molecule has 1 fully saturated rings. The van der Waals surface area contributed by atoms with Crippen LogP contribution in [0.3, 0.4) is 0 Å². The quantitative estimate of drug-likeness (QED) is 0.802. The second-order valence-electron chi connectivity index (χ2n) is 7.01. The van der Waals surface area contributed by atoms with E-state index < -0.39 is 0 Å². The van der Waals surface area contributed by atoms with Crippen molar-refractivity contribution in [1.29, 1.82) is 0 Å². The number of rotatable bonds is 4. The fourth-order valence-corrected chi connectivity index (χ4v) is 3.60. The minimum absolute atomic E-state index is 0.0805. The first-order valence-electron chi connectivity index (χ1n) is 9.12. The van der Waals surface area contributed by atoms with Gasteiger partial charge in [0.15, 0.2) is 11.5 Å². The number of halogens is 1. The van der Waals surface area contributed by atoms with Gasteiger partial charge in [-0.05, 0) is 31.5 Å². The average molecular weight is 391 g/mol. The molecule has 1 amide bonds. The van der Waals surface area contributed by atoms with Crippen molar-refractivity contribution in [2.75, 3.05) is 33.0 Å². The molecule has 0 spiro atoms. The third-order valence-electron chi connectivity index (χ3n) is 5.14. The van der Waals surface area contributed by atoms with Crippen LogP contribution in [0, 0.1) is 6.92 Å². The summed E-state index contributed by atoms with van der Waals surface area (Å²) >= 11 is 6.06. The van der Waals surface area contributed by atoms with Gasteiger partial charge in [0.1, 0.15) is 6.04 Å². The standard InChI is InChI=1S/C19H23ClN4O3/c1-13-16(20)11-24(21-13)14(2)19(25)23-7-5-22(6-8-23)10-15-3-4-17-18(9-15)27-12-26-17/h3-4,9,11,14H,5-8,10,12H2,1-2H3. The Labute approximate surface area is 163 Å². The van der Waals surface area contributed by atoms with Gasteiger partial charge < -0.3 is 14.4 Å². The number of aromatic nitrogens is 2. The van der Waals surface area contributed by atoms with Crippen LogP contribution in [-0.2, 0) is 11.3 Å². The number of hydrogen-bond acceptors (Lipinski definition) is 5. The first kappa shape index (κ1) is 18.1. The Morgan fingerprint density at radius 1 is 1.22 bits per heavy atom. The minimum Gasteiger partial charge on any atom is -0.454 e.